The highest BCUT2D eigenvalue weighted by atomic mass is 32.2. The summed E-state index contributed by atoms with van der Waals surface area (Å²) in [6.45, 7) is 2.86. The van der Waals surface area contributed by atoms with E-state index in [-0.39, 0.29) is 35.7 Å². The number of anilines is 1. The first-order chi connectivity index (χ1) is 14.8. The number of nitrogens with one attached hydrogen (secondary N) is 2. The average molecular weight is 448 g/mol. The predicted molar refractivity (Wildman–Crippen MR) is 116 cm³/mol. The summed E-state index contributed by atoms with van der Waals surface area (Å²) in [5.74, 6) is -1.50. The van der Waals surface area contributed by atoms with Crippen molar-refractivity contribution in [3.8, 4) is 0 Å². The van der Waals surface area contributed by atoms with Crippen LogP contribution in [0.25, 0.3) is 0 Å². The van der Waals surface area contributed by atoms with Crippen LogP contribution < -0.4 is 10.6 Å². The number of carbonyl (C=O) groups excluding carboxylic acids is 2. The van der Waals surface area contributed by atoms with Crippen LogP contribution in [0.5, 0.6) is 0 Å². The molecule has 0 aromatic heterocycles. The van der Waals surface area contributed by atoms with Crippen molar-refractivity contribution in [3.05, 3.63) is 59.9 Å². The lowest BCUT2D eigenvalue weighted by molar-refractivity contribution is -0.120. The molecule has 2 amide bonds. The topological polar surface area (TPSA) is 95.6 Å². The van der Waals surface area contributed by atoms with Gasteiger partial charge in [0.25, 0.3) is 5.91 Å². The fourth-order valence-electron chi connectivity index (χ4n) is 3.44. The first-order valence-electron chi connectivity index (χ1n) is 10.3. The molecule has 166 valence electrons. The minimum Gasteiger partial charge on any atom is -0.352 e. The highest BCUT2D eigenvalue weighted by Gasteiger charge is 2.33. The minimum atomic E-state index is -3.93. The van der Waals surface area contributed by atoms with Crippen molar-refractivity contribution in [3.63, 3.8) is 0 Å². The van der Waals surface area contributed by atoms with E-state index < -0.39 is 15.8 Å². The third-order valence-corrected chi connectivity index (χ3v) is 7.16. The molecule has 0 unspecified atom stereocenters. The predicted octanol–water partition coefficient (Wildman–Crippen LogP) is 3.00. The molecule has 7 nitrogen and oxygen atoms in total. The summed E-state index contributed by atoms with van der Waals surface area (Å²) in [4.78, 5) is 24.2. The Kier molecular flexibility index (Phi) is 7.40. The number of piperidine rings is 1. The molecule has 0 aliphatic carbocycles. The summed E-state index contributed by atoms with van der Waals surface area (Å²) in [5.41, 5.74) is 1.08. The molecule has 1 fully saturated rings. The Morgan fingerprint density at radius 1 is 1.06 bits per heavy atom. The highest BCUT2D eigenvalue weighted by molar-refractivity contribution is 7.89. The van der Waals surface area contributed by atoms with Gasteiger partial charge in [0.15, 0.2) is 0 Å². The van der Waals surface area contributed by atoms with Gasteiger partial charge < -0.3 is 10.6 Å². The van der Waals surface area contributed by atoms with Crippen molar-refractivity contribution in [2.45, 2.75) is 31.1 Å². The van der Waals surface area contributed by atoms with E-state index in [1.54, 1.807) is 24.3 Å². The molecule has 0 bridgehead atoms. The standard InChI is InChI=1S/C22H26FN3O4S/c1-2-13-24-21(27)16-7-9-18(10-8-16)25-22(28)17-11-14-26(15-12-17)31(29,30)20-6-4-3-5-19(20)23/h3-10,17H,2,11-15H2,1H3,(H,24,27)(H,25,28). The zero-order valence-electron chi connectivity index (χ0n) is 17.3. The van der Waals surface area contributed by atoms with Gasteiger partial charge >= 0.3 is 0 Å². The zero-order valence-corrected chi connectivity index (χ0v) is 18.1. The SMILES string of the molecule is CCCNC(=O)c1ccc(NC(=O)C2CCN(S(=O)(=O)c3ccccc3F)CC2)cc1. The normalized spacial score (nSPS) is 15.4. The molecule has 1 heterocycles. The second kappa shape index (κ2) is 10.0. The summed E-state index contributed by atoms with van der Waals surface area (Å²) in [7, 11) is -3.93. The van der Waals surface area contributed by atoms with Crippen molar-refractivity contribution in [2.24, 2.45) is 5.92 Å². The number of hydrogen-bond donors (Lipinski definition) is 2. The minimum absolute atomic E-state index is 0.144. The number of halogens is 1. The van der Waals surface area contributed by atoms with Gasteiger partial charge in [0.1, 0.15) is 10.7 Å². The molecule has 2 aromatic rings. The van der Waals surface area contributed by atoms with Crippen LogP contribution in [-0.4, -0.2) is 44.2 Å². The van der Waals surface area contributed by atoms with Crippen LogP contribution in [0.15, 0.2) is 53.4 Å². The van der Waals surface area contributed by atoms with Crippen LogP contribution in [0.4, 0.5) is 10.1 Å². The molecule has 0 saturated carbocycles. The van der Waals surface area contributed by atoms with Gasteiger partial charge in [-0.3, -0.25) is 9.59 Å². The Morgan fingerprint density at radius 2 is 1.71 bits per heavy atom. The van der Waals surface area contributed by atoms with E-state index in [9.17, 15) is 22.4 Å². The summed E-state index contributed by atoms with van der Waals surface area (Å²) >= 11 is 0. The summed E-state index contributed by atoms with van der Waals surface area (Å²) in [6, 6.07) is 11.9. The number of rotatable bonds is 7. The Labute approximate surface area is 181 Å². The molecule has 1 aliphatic rings. The van der Waals surface area contributed by atoms with Gasteiger partial charge in [-0.05, 0) is 55.7 Å². The number of sulfonamides is 1. The number of benzene rings is 2. The van der Waals surface area contributed by atoms with E-state index in [1.807, 2.05) is 6.92 Å². The monoisotopic (exact) mass is 447 g/mol. The molecule has 9 heteroatoms. The van der Waals surface area contributed by atoms with E-state index in [1.165, 1.54) is 22.5 Å². The lowest BCUT2D eigenvalue weighted by Crippen LogP contribution is -2.41. The van der Waals surface area contributed by atoms with Gasteiger partial charge in [-0.25, -0.2) is 12.8 Å². The van der Waals surface area contributed by atoms with E-state index >= 15 is 0 Å². The van der Waals surface area contributed by atoms with Gasteiger partial charge in [0, 0.05) is 36.8 Å². The Morgan fingerprint density at radius 3 is 2.32 bits per heavy atom. The van der Waals surface area contributed by atoms with Crippen LogP contribution in [0.2, 0.25) is 0 Å². The van der Waals surface area contributed by atoms with Crippen molar-refractivity contribution < 1.29 is 22.4 Å². The number of nitrogens with zero attached hydrogens (tertiary/aromatic N) is 1. The summed E-state index contributed by atoms with van der Waals surface area (Å²) in [5, 5.41) is 5.61. The van der Waals surface area contributed by atoms with Crippen molar-refractivity contribution in [1.29, 1.82) is 0 Å². The molecular weight excluding hydrogens is 421 g/mol. The van der Waals surface area contributed by atoms with Gasteiger partial charge in [-0.1, -0.05) is 19.1 Å². The maximum Gasteiger partial charge on any atom is 0.251 e. The fourth-order valence-corrected chi connectivity index (χ4v) is 4.98. The molecule has 1 saturated heterocycles. The molecule has 31 heavy (non-hydrogen) atoms. The maximum atomic E-state index is 13.9. The number of hydrogen-bond acceptors (Lipinski definition) is 4. The molecule has 3 rings (SSSR count). The Hall–Kier alpha value is -2.78. The van der Waals surface area contributed by atoms with Crippen molar-refractivity contribution >= 4 is 27.5 Å². The second-order valence-corrected chi connectivity index (χ2v) is 9.34. The lowest BCUT2D eigenvalue weighted by atomic mass is 9.97. The fraction of sp³-hybridized carbons (Fsp3) is 0.364. The third-order valence-electron chi connectivity index (χ3n) is 5.23. The van der Waals surface area contributed by atoms with Gasteiger partial charge in [0.05, 0.1) is 0 Å². The second-order valence-electron chi connectivity index (χ2n) is 7.43. The molecular formula is C22H26FN3O4S. The van der Waals surface area contributed by atoms with Crippen LogP contribution >= 0.6 is 0 Å². The van der Waals surface area contributed by atoms with Crippen LogP contribution in [-0.2, 0) is 14.8 Å². The van der Waals surface area contributed by atoms with Crippen molar-refractivity contribution in [2.75, 3.05) is 25.0 Å². The smallest absolute Gasteiger partial charge is 0.251 e. The molecule has 2 aromatic carbocycles. The Balaban J connectivity index is 1.56. The third kappa shape index (κ3) is 5.48. The maximum absolute atomic E-state index is 13.9. The largest absolute Gasteiger partial charge is 0.352 e. The Bertz CT molecular complexity index is 1030. The molecule has 1 aliphatic heterocycles. The van der Waals surface area contributed by atoms with Crippen LogP contribution in [0, 0.1) is 11.7 Å². The first kappa shape index (κ1) is 22.9. The molecule has 0 spiro atoms. The number of amides is 2. The van der Waals surface area contributed by atoms with E-state index in [2.05, 4.69) is 10.6 Å². The van der Waals surface area contributed by atoms with E-state index in [0.717, 1.165) is 12.5 Å². The van der Waals surface area contributed by atoms with Gasteiger partial charge in [0.2, 0.25) is 15.9 Å². The molecule has 0 atom stereocenters. The van der Waals surface area contributed by atoms with Gasteiger partial charge in [-0.2, -0.15) is 4.31 Å². The average Bonchev–Trinajstić information content (AvgIpc) is 2.78. The van der Waals surface area contributed by atoms with E-state index in [0.29, 0.717) is 30.6 Å². The molecule has 0 radical (unpaired) electrons. The van der Waals surface area contributed by atoms with E-state index in [4.69, 9.17) is 0 Å². The zero-order chi connectivity index (χ0) is 22.4. The quantitative estimate of drug-likeness (QED) is 0.682. The van der Waals surface area contributed by atoms with Crippen LogP contribution in [0.3, 0.4) is 0 Å². The van der Waals surface area contributed by atoms with Crippen molar-refractivity contribution in [1.82, 2.24) is 9.62 Å². The first-order valence-corrected chi connectivity index (χ1v) is 11.7. The molecule has 2 N–H and O–H groups in total. The van der Waals surface area contributed by atoms with Gasteiger partial charge in [-0.15, -0.1) is 0 Å². The highest BCUT2D eigenvalue weighted by Crippen LogP contribution is 2.26. The van der Waals surface area contributed by atoms with Crippen LogP contribution in [0.1, 0.15) is 36.5 Å². The lowest BCUT2D eigenvalue weighted by Gasteiger charge is -2.30. The number of carbonyl (C=O) groups is 2. The summed E-state index contributed by atoms with van der Waals surface area (Å²) in [6.07, 6.45) is 1.54. The summed E-state index contributed by atoms with van der Waals surface area (Å²) < 4.78 is 40.5.